The summed E-state index contributed by atoms with van der Waals surface area (Å²) in [6, 6.07) is 0. The Labute approximate surface area is 141 Å². The Kier molecular flexibility index (Phi) is 5.56. The van der Waals surface area contributed by atoms with Crippen LogP contribution in [0.25, 0.3) is 0 Å². The molecule has 0 unspecified atom stereocenters. The third-order valence-electron chi connectivity index (χ3n) is 5.10. The molecule has 3 heterocycles. The third kappa shape index (κ3) is 3.87. The Balaban J connectivity index is 1.63. The summed E-state index contributed by atoms with van der Waals surface area (Å²) in [7, 11) is 0. The normalized spacial score (nSPS) is 26.4. The number of likely N-dealkylation sites (tertiary alicyclic amines) is 2. The lowest BCUT2D eigenvalue weighted by Gasteiger charge is -2.26. The van der Waals surface area contributed by atoms with Crippen molar-refractivity contribution in [3.8, 4) is 0 Å². The second-order valence-electron chi connectivity index (χ2n) is 6.72. The van der Waals surface area contributed by atoms with E-state index >= 15 is 0 Å². The summed E-state index contributed by atoms with van der Waals surface area (Å²) in [6.45, 7) is 4.62. The van der Waals surface area contributed by atoms with Gasteiger partial charge < -0.3 is 14.9 Å². The summed E-state index contributed by atoms with van der Waals surface area (Å²) >= 11 is 5.99. The molecule has 0 saturated carbocycles. The van der Waals surface area contributed by atoms with Crippen LogP contribution in [-0.4, -0.2) is 70.3 Å². The number of carbonyl (C=O) groups excluding carboxylic acids is 1. The van der Waals surface area contributed by atoms with Crippen LogP contribution in [0.1, 0.15) is 36.2 Å². The topological polar surface area (TPSA) is 72.5 Å². The summed E-state index contributed by atoms with van der Waals surface area (Å²) in [5, 5.41) is 16.5. The fraction of sp³-hybridized carbons (Fsp3) is 0.750. The number of amides is 1. The molecule has 128 valence electrons. The second kappa shape index (κ2) is 7.64. The Morgan fingerprint density at radius 1 is 1.26 bits per heavy atom. The van der Waals surface area contributed by atoms with Gasteiger partial charge in [-0.3, -0.25) is 9.89 Å². The van der Waals surface area contributed by atoms with Crippen molar-refractivity contribution >= 4 is 17.5 Å². The summed E-state index contributed by atoms with van der Waals surface area (Å²) < 4.78 is 0. The molecule has 1 aromatic heterocycles. The molecule has 0 bridgehead atoms. The van der Waals surface area contributed by atoms with Crippen LogP contribution in [0.2, 0.25) is 5.02 Å². The molecule has 3 rings (SSSR count). The van der Waals surface area contributed by atoms with Gasteiger partial charge in [0, 0.05) is 32.2 Å². The molecular formula is C16H25ClN4O2. The van der Waals surface area contributed by atoms with E-state index in [9.17, 15) is 9.90 Å². The third-order valence-corrected chi connectivity index (χ3v) is 5.38. The van der Waals surface area contributed by atoms with Gasteiger partial charge in [0.2, 0.25) is 0 Å². The van der Waals surface area contributed by atoms with Gasteiger partial charge in [0.25, 0.3) is 5.91 Å². The molecule has 0 aromatic carbocycles. The molecule has 0 aliphatic carbocycles. The van der Waals surface area contributed by atoms with Crippen LogP contribution >= 0.6 is 11.6 Å². The molecule has 7 heteroatoms. The number of H-pyrrole nitrogens is 1. The highest BCUT2D eigenvalue weighted by atomic mass is 35.5. The molecule has 1 aromatic rings. The number of hydrogen-bond donors (Lipinski definition) is 2. The Bertz CT molecular complexity index is 528. The number of aliphatic hydroxyl groups excluding tert-OH is 1. The number of aromatic amines is 1. The Morgan fingerprint density at radius 3 is 2.57 bits per heavy atom. The molecule has 0 radical (unpaired) electrons. The van der Waals surface area contributed by atoms with E-state index in [-0.39, 0.29) is 18.4 Å². The van der Waals surface area contributed by atoms with Crippen LogP contribution in [0, 0.1) is 11.8 Å². The minimum atomic E-state index is -0.121. The van der Waals surface area contributed by atoms with E-state index in [0.717, 1.165) is 19.6 Å². The molecule has 23 heavy (non-hydrogen) atoms. The van der Waals surface area contributed by atoms with Gasteiger partial charge in [-0.05, 0) is 31.8 Å². The summed E-state index contributed by atoms with van der Waals surface area (Å²) in [6.07, 6.45) is 6.58. The number of halogens is 1. The van der Waals surface area contributed by atoms with E-state index in [1.165, 1.54) is 31.9 Å². The lowest BCUT2D eigenvalue weighted by Crippen LogP contribution is -2.35. The van der Waals surface area contributed by atoms with Crippen molar-refractivity contribution in [3.63, 3.8) is 0 Å². The highest BCUT2D eigenvalue weighted by Gasteiger charge is 2.37. The molecule has 1 amide bonds. The van der Waals surface area contributed by atoms with Crippen LogP contribution < -0.4 is 0 Å². The molecule has 2 aliphatic rings. The fourth-order valence-electron chi connectivity index (χ4n) is 3.75. The maximum atomic E-state index is 12.6. The van der Waals surface area contributed by atoms with Crippen molar-refractivity contribution in [2.45, 2.75) is 25.7 Å². The van der Waals surface area contributed by atoms with Crippen molar-refractivity contribution in [3.05, 3.63) is 16.9 Å². The highest BCUT2D eigenvalue weighted by molar-refractivity contribution is 6.33. The monoisotopic (exact) mass is 340 g/mol. The van der Waals surface area contributed by atoms with E-state index in [1.807, 2.05) is 0 Å². The molecule has 2 atom stereocenters. The highest BCUT2D eigenvalue weighted by Crippen LogP contribution is 2.27. The minimum absolute atomic E-state index is 0.121. The van der Waals surface area contributed by atoms with Gasteiger partial charge in [0.1, 0.15) is 5.69 Å². The van der Waals surface area contributed by atoms with Crippen LogP contribution in [0.5, 0.6) is 0 Å². The molecule has 2 fully saturated rings. The number of aromatic nitrogens is 2. The maximum absolute atomic E-state index is 12.6. The Morgan fingerprint density at radius 2 is 1.96 bits per heavy atom. The van der Waals surface area contributed by atoms with Gasteiger partial charge in [0.15, 0.2) is 0 Å². The van der Waals surface area contributed by atoms with E-state index < -0.39 is 0 Å². The summed E-state index contributed by atoms with van der Waals surface area (Å²) in [4.78, 5) is 16.9. The number of carbonyl (C=O) groups is 1. The predicted octanol–water partition coefficient (Wildman–Crippen LogP) is 1.62. The summed E-state index contributed by atoms with van der Waals surface area (Å²) in [5.74, 6) is 0.344. The number of nitrogens with zero attached hydrogens (tertiary/aromatic N) is 3. The molecule has 2 aliphatic heterocycles. The van der Waals surface area contributed by atoms with Crippen LogP contribution in [0.4, 0.5) is 0 Å². The predicted molar refractivity (Wildman–Crippen MR) is 88.5 cm³/mol. The van der Waals surface area contributed by atoms with Crippen molar-refractivity contribution in [1.29, 1.82) is 0 Å². The first kappa shape index (κ1) is 16.7. The Hall–Kier alpha value is -1.11. The quantitative estimate of drug-likeness (QED) is 0.873. The number of nitrogens with one attached hydrogen (secondary N) is 1. The van der Waals surface area contributed by atoms with E-state index in [0.29, 0.717) is 29.7 Å². The molecule has 0 spiro atoms. The van der Waals surface area contributed by atoms with Gasteiger partial charge >= 0.3 is 0 Å². The zero-order valence-electron chi connectivity index (χ0n) is 13.4. The van der Waals surface area contributed by atoms with Crippen molar-refractivity contribution < 1.29 is 9.90 Å². The first-order chi connectivity index (χ1) is 11.2. The van der Waals surface area contributed by atoms with E-state index in [1.54, 1.807) is 4.90 Å². The second-order valence-corrected chi connectivity index (χ2v) is 7.13. The summed E-state index contributed by atoms with van der Waals surface area (Å²) in [5.41, 5.74) is 0.346. The fourth-order valence-corrected chi connectivity index (χ4v) is 3.92. The SMILES string of the molecule is O=C(c1[nH]ncc1Cl)N1C[C@@H](CN2CCCCCC2)[C@@H](CO)C1. The van der Waals surface area contributed by atoms with Crippen LogP contribution in [0.3, 0.4) is 0 Å². The lowest BCUT2D eigenvalue weighted by atomic mass is 9.96. The van der Waals surface area contributed by atoms with E-state index in [4.69, 9.17) is 11.6 Å². The average Bonchev–Trinajstić information content (AvgIpc) is 3.06. The largest absolute Gasteiger partial charge is 0.396 e. The average molecular weight is 341 g/mol. The van der Waals surface area contributed by atoms with Gasteiger partial charge in [-0.25, -0.2) is 0 Å². The van der Waals surface area contributed by atoms with Gasteiger partial charge in [-0.15, -0.1) is 0 Å². The zero-order chi connectivity index (χ0) is 16.2. The zero-order valence-corrected chi connectivity index (χ0v) is 14.1. The van der Waals surface area contributed by atoms with Crippen molar-refractivity contribution in [2.75, 3.05) is 39.3 Å². The van der Waals surface area contributed by atoms with E-state index in [2.05, 4.69) is 15.1 Å². The van der Waals surface area contributed by atoms with Crippen molar-refractivity contribution in [1.82, 2.24) is 20.0 Å². The maximum Gasteiger partial charge on any atom is 0.273 e. The molecular weight excluding hydrogens is 316 g/mol. The number of rotatable bonds is 4. The first-order valence-electron chi connectivity index (χ1n) is 8.50. The molecule has 2 N–H and O–H groups in total. The standard InChI is InChI=1S/C16H25ClN4O2/c17-14-7-18-19-15(14)16(23)21-9-12(13(10-21)11-22)8-20-5-3-1-2-4-6-20/h7,12-13,22H,1-6,8-11H2,(H,18,19)/t12-,13-/m1/s1. The molecule has 2 saturated heterocycles. The van der Waals surface area contributed by atoms with Gasteiger partial charge in [0.05, 0.1) is 11.2 Å². The lowest BCUT2D eigenvalue weighted by molar-refractivity contribution is 0.0773. The number of aliphatic hydroxyl groups is 1. The smallest absolute Gasteiger partial charge is 0.273 e. The van der Waals surface area contributed by atoms with Crippen LogP contribution in [0.15, 0.2) is 6.20 Å². The van der Waals surface area contributed by atoms with Crippen LogP contribution in [-0.2, 0) is 0 Å². The molecule has 6 nitrogen and oxygen atoms in total. The van der Waals surface area contributed by atoms with Gasteiger partial charge in [-0.2, -0.15) is 5.10 Å². The van der Waals surface area contributed by atoms with Crippen molar-refractivity contribution in [2.24, 2.45) is 11.8 Å². The van der Waals surface area contributed by atoms with Gasteiger partial charge in [-0.1, -0.05) is 24.4 Å². The number of hydrogen-bond acceptors (Lipinski definition) is 4. The first-order valence-corrected chi connectivity index (χ1v) is 8.88. The minimum Gasteiger partial charge on any atom is -0.396 e.